The molecule has 0 saturated heterocycles. The fraction of sp³-hybridized carbons (Fsp3) is 0.333. The summed E-state index contributed by atoms with van der Waals surface area (Å²) in [6, 6.07) is -0.847. The van der Waals surface area contributed by atoms with Gasteiger partial charge in [0.1, 0.15) is 18.0 Å². The molecule has 0 bridgehead atoms. The van der Waals surface area contributed by atoms with Crippen molar-refractivity contribution in [2.24, 2.45) is 4.99 Å². The highest BCUT2D eigenvalue weighted by atomic mass is 35.6. The number of rotatable bonds is 0. The number of allylic oxidation sites excluding steroid dienone is 2. The van der Waals surface area contributed by atoms with E-state index in [9.17, 15) is 13.6 Å². The summed E-state index contributed by atoms with van der Waals surface area (Å²) in [5.74, 6) is -1.58. The zero-order valence-corrected chi connectivity index (χ0v) is 11.5. The molecule has 2 aliphatic rings. The van der Waals surface area contributed by atoms with Gasteiger partial charge in [-0.25, -0.2) is 13.8 Å². The smallest absolute Gasteiger partial charge is 0.278 e. The number of hydrogen-bond donors (Lipinski definition) is 1. The van der Waals surface area contributed by atoms with Crippen LogP contribution in [-0.2, 0) is 4.79 Å². The number of alkyl halides is 4. The SMILES string of the molecule is O=C(NC1=NC2C(=CC(F)=CC2F)S1)C(Cl)(Cl)Cl. The van der Waals surface area contributed by atoms with E-state index in [4.69, 9.17) is 34.8 Å². The normalized spacial score (nSPS) is 27.1. The lowest BCUT2D eigenvalue weighted by atomic mass is 10.1. The summed E-state index contributed by atoms with van der Waals surface area (Å²) in [6.45, 7) is 0. The first kappa shape index (κ1) is 14.1. The van der Waals surface area contributed by atoms with Crippen molar-refractivity contribution in [3.05, 3.63) is 22.9 Å². The Morgan fingerprint density at radius 2 is 2.17 bits per heavy atom. The van der Waals surface area contributed by atoms with Crippen molar-refractivity contribution in [3.8, 4) is 0 Å². The molecule has 0 spiro atoms. The van der Waals surface area contributed by atoms with Crippen LogP contribution in [0.25, 0.3) is 0 Å². The van der Waals surface area contributed by atoms with Crippen LogP contribution in [0.1, 0.15) is 0 Å². The van der Waals surface area contributed by atoms with Crippen molar-refractivity contribution in [1.29, 1.82) is 0 Å². The fourth-order valence-electron chi connectivity index (χ4n) is 1.38. The van der Waals surface area contributed by atoms with E-state index >= 15 is 0 Å². The molecule has 0 saturated carbocycles. The average molecular weight is 334 g/mol. The average Bonchev–Trinajstić information content (AvgIpc) is 2.58. The van der Waals surface area contributed by atoms with E-state index in [0.717, 1.165) is 23.9 Å². The number of amidine groups is 1. The van der Waals surface area contributed by atoms with E-state index < -0.39 is 27.7 Å². The number of nitrogens with one attached hydrogen (secondary N) is 1. The van der Waals surface area contributed by atoms with Crippen molar-refractivity contribution in [3.63, 3.8) is 0 Å². The largest absolute Gasteiger partial charge is 0.301 e. The van der Waals surface area contributed by atoms with Crippen LogP contribution in [-0.4, -0.2) is 27.1 Å². The van der Waals surface area contributed by atoms with Crippen LogP contribution in [0.3, 0.4) is 0 Å². The van der Waals surface area contributed by atoms with Crippen LogP contribution >= 0.6 is 46.6 Å². The summed E-state index contributed by atoms with van der Waals surface area (Å²) in [5.41, 5.74) is 0. The Labute approximate surface area is 120 Å². The second-order valence-electron chi connectivity index (χ2n) is 3.48. The van der Waals surface area contributed by atoms with Gasteiger partial charge in [-0.3, -0.25) is 4.79 Å². The van der Waals surface area contributed by atoms with Crippen LogP contribution in [0.4, 0.5) is 8.78 Å². The summed E-state index contributed by atoms with van der Waals surface area (Å²) in [4.78, 5) is 15.6. The molecule has 1 aliphatic heterocycles. The molecular formula is C9H5Cl3F2N2OS. The molecule has 0 fully saturated rings. The maximum atomic E-state index is 13.5. The monoisotopic (exact) mass is 332 g/mol. The predicted molar refractivity (Wildman–Crippen MR) is 69.4 cm³/mol. The molecule has 1 aliphatic carbocycles. The number of thioether (sulfide) groups is 1. The van der Waals surface area contributed by atoms with Crippen LogP contribution in [0.15, 0.2) is 27.9 Å². The topological polar surface area (TPSA) is 41.5 Å². The van der Waals surface area contributed by atoms with E-state index in [1.54, 1.807) is 0 Å². The summed E-state index contributed by atoms with van der Waals surface area (Å²) in [6.07, 6.45) is 0.404. The molecule has 1 heterocycles. The second-order valence-corrected chi connectivity index (χ2v) is 6.82. The Morgan fingerprint density at radius 1 is 1.50 bits per heavy atom. The van der Waals surface area contributed by atoms with Crippen molar-refractivity contribution in [2.45, 2.75) is 16.0 Å². The Bertz CT molecular complexity index is 487. The standard InChI is InChI=1S/C9H5Cl3F2N2OS/c10-9(11,12)7(17)16-8-15-6-4(14)1-3(13)2-5(6)18-8/h1-2,4,6H,(H,15,16,17). The van der Waals surface area contributed by atoms with Gasteiger partial charge in [0, 0.05) is 4.91 Å². The van der Waals surface area contributed by atoms with Crippen molar-refractivity contribution >= 4 is 57.6 Å². The molecule has 2 rings (SSSR count). The number of hydrogen-bond acceptors (Lipinski definition) is 3. The summed E-state index contributed by atoms with van der Waals surface area (Å²) < 4.78 is 24.3. The Balaban J connectivity index is 2.10. The zero-order chi connectivity index (χ0) is 13.5. The molecule has 2 atom stereocenters. The lowest BCUT2D eigenvalue weighted by molar-refractivity contribution is -0.118. The predicted octanol–water partition coefficient (Wildman–Crippen LogP) is 3.03. The molecule has 1 amide bonds. The molecule has 0 aromatic carbocycles. The number of carbonyl (C=O) groups is 1. The van der Waals surface area contributed by atoms with Gasteiger partial charge in [-0.05, 0) is 12.2 Å². The number of amides is 1. The minimum absolute atomic E-state index is 0.0772. The molecule has 18 heavy (non-hydrogen) atoms. The van der Waals surface area contributed by atoms with E-state index in [1.165, 1.54) is 0 Å². The maximum Gasteiger partial charge on any atom is 0.278 e. The molecule has 9 heteroatoms. The lowest BCUT2D eigenvalue weighted by Gasteiger charge is -2.14. The van der Waals surface area contributed by atoms with Gasteiger partial charge in [-0.1, -0.05) is 46.6 Å². The third kappa shape index (κ3) is 2.99. The molecule has 0 aromatic rings. The highest BCUT2D eigenvalue weighted by Crippen LogP contribution is 2.38. The molecule has 3 nitrogen and oxygen atoms in total. The van der Waals surface area contributed by atoms with Gasteiger partial charge < -0.3 is 5.32 Å². The molecule has 0 radical (unpaired) electrons. The van der Waals surface area contributed by atoms with E-state index in [1.807, 2.05) is 0 Å². The lowest BCUT2D eigenvalue weighted by Crippen LogP contribution is -2.37. The third-order valence-electron chi connectivity index (χ3n) is 2.14. The first-order chi connectivity index (χ1) is 8.27. The Kier molecular flexibility index (Phi) is 3.92. The first-order valence-electron chi connectivity index (χ1n) is 4.64. The highest BCUT2D eigenvalue weighted by Gasteiger charge is 2.37. The quantitative estimate of drug-likeness (QED) is 0.692. The van der Waals surface area contributed by atoms with Gasteiger partial charge in [-0.15, -0.1) is 0 Å². The minimum atomic E-state index is -2.14. The van der Waals surface area contributed by atoms with Crippen LogP contribution < -0.4 is 5.32 Å². The summed E-state index contributed by atoms with van der Waals surface area (Å²) in [5, 5.41) is 2.31. The van der Waals surface area contributed by atoms with Crippen molar-refractivity contribution < 1.29 is 13.6 Å². The number of fused-ring (bicyclic) bond motifs is 1. The second kappa shape index (κ2) is 5.00. The molecular weight excluding hydrogens is 329 g/mol. The van der Waals surface area contributed by atoms with Gasteiger partial charge in [0.2, 0.25) is 0 Å². The number of carbonyl (C=O) groups excluding carboxylic acids is 1. The minimum Gasteiger partial charge on any atom is -0.301 e. The van der Waals surface area contributed by atoms with Crippen molar-refractivity contribution in [1.82, 2.24) is 5.32 Å². The highest BCUT2D eigenvalue weighted by molar-refractivity contribution is 8.17. The van der Waals surface area contributed by atoms with Crippen molar-refractivity contribution in [2.75, 3.05) is 0 Å². The zero-order valence-electron chi connectivity index (χ0n) is 8.46. The van der Waals surface area contributed by atoms with Gasteiger partial charge in [0.15, 0.2) is 5.17 Å². The van der Waals surface area contributed by atoms with Gasteiger partial charge in [0.25, 0.3) is 9.70 Å². The summed E-state index contributed by atoms with van der Waals surface area (Å²) >= 11 is 17.0. The van der Waals surface area contributed by atoms with E-state index in [0.29, 0.717) is 4.91 Å². The molecule has 0 aromatic heterocycles. The molecule has 2 unspecified atom stereocenters. The van der Waals surface area contributed by atoms with E-state index in [2.05, 4.69) is 10.3 Å². The van der Waals surface area contributed by atoms with Crippen LogP contribution in [0.5, 0.6) is 0 Å². The molecule has 98 valence electrons. The molecule has 1 N–H and O–H groups in total. The first-order valence-corrected chi connectivity index (χ1v) is 6.59. The van der Waals surface area contributed by atoms with Gasteiger partial charge >= 0.3 is 0 Å². The van der Waals surface area contributed by atoms with Crippen LogP contribution in [0, 0.1) is 0 Å². The van der Waals surface area contributed by atoms with Gasteiger partial charge in [0.05, 0.1) is 0 Å². The maximum absolute atomic E-state index is 13.5. The van der Waals surface area contributed by atoms with Crippen LogP contribution in [0.2, 0.25) is 0 Å². The fourth-order valence-corrected chi connectivity index (χ4v) is 2.53. The number of aliphatic imine (C=N–C) groups is 1. The number of nitrogens with zero attached hydrogens (tertiary/aromatic N) is 1. The number of halogens is 5. The Hall–Kier alpha value is -0.300. The van der Waals surface area contributed by atoms with E-state index in [-0.39, 0.29) is 5.17 Å². The summed E-state index contributed by atoms with van der Waals surface area (Å²) in [7, 11) is 0. The Morgan fingerprint density at radius 3 is 2.78 bits per heavy atom. The van der Waals surface area contributed by atoms with Gasteiger partial charge in [-0.2, -0.15) is 0 Å². The third-order valence-corrected chi connectivity index (χ3v) is 3.65.